The van der Waals surface area contributed by atoms with E-state index in [2.05, 4.69) is 29.2 Å². The van der Waals surface area contributed by atoms with E-state index < -0.39 is 0 Å². The summed E-state index contributed by atoms with van der Waals surface area (Å²) in [6.07, 6.45) is 4.75. The van der Waals surface area contributed by atoms with Gasteiger partial charge in [-0.3, -0.25) is 14.8 Å². The molecule has 2 aromatic rings. The molecule has 1 aliphatic carbocycles. The highest BCUT2D eigenvalue weighted by molar-refractivity contribution is 5.87. The largest absolute Gasteiger partial charge is 0.381 e. The minimum Gasteiger partial charge on any atom is -0.381 e. The molecular formula is C22H22FN3O2. The van der Waals surface area contributed by atoms with Crippen molar-refractivity contribution in [2.45, 2.75) is 43.1 Å². The molecule has 2 unspecified atom stereocenters. The fourth-order valence-corrected chi connectivity index (χ4v) is 5.73. The number of amides is 1. The lowest BCUT2D eigenvalue weighted by atomic mass is 9.83. The van der Waals surface area contributed by atoms with E-state index >= 15 is 0 Å². The molecule has 1 aromatic heterocycles. The molecule has 0 saturated carbocycles. The summed E-state index contributed by atoms with van der Waals surface area (Å²) < 4.78 is 20.2. The molecule has 3 saturated heterocycles. The summed E-state index contributed by atoms with van der Waals surface area (Å²) >= 11 is 0. The van der Waals surface area contributed by atoms with E-state index in [1.54, 1.807) is 12.3 Å². The van der Waals surface area contributed by atoms with Crippen molar-refractivity contribution < 1.29 is 13.9 Å². The van der Waals surface area contributed by atoms with Gasteiger partial charge in [0, 0.05) is 44.0 Å². The number of hydrazine groups is 1. The normalized spacial score (nSPS) is 28.8. The van der Waals surface area contributed by atoms with Gasteiger partial charge in [-0.15, -0.1) is 0 Å². The van der Waals surface area contributed by atoms with Crippen molar-refractivity contribution >= 4 is 11.6 Å². The summed E-state index contributed by atoms with van der Waals surface area (Å²) in [5.74, 6) is 0.211. The first-order valence-electron chi connectivity index (χ1n) is 10.1. The van der Waals surface area contributed by atoms with Gasteiger partial charge in [0.15, 0.2) is 0 Å². The van der Waals surface area contributed by atoms with Gasteiger partial charge in [0.1, 0.15) is 5.82 Å². The third-order valence-corrected chi connectivity index (χ3v) is 7.04. The van der Waals surface area contributed by atoms with Crippen LogP contribution in [0, 0.1) is 5.82 Å². The van der Waals surface area contributed by atoms with Gasteiger partial charge in [-0.05, 0) is 24.0 Å². The van der Waals surface area contributed by atoms with Crippen LogP contribution in [0.2, 0.25) is 0 Å². The number of benzene rings is 1. The second kappa shape index (κ2) is 5.77. The quantitative estimate of drug-likeness (QED) is 0.804. The summed E-state index contributed by atoms with van der Waals surface area (Å²) in [5, 5.41) is 3.79. The zero-order chi connectivity index (χ0) is 18.9. The molecule has 2 atom stereocenters. The van der Waals surface area contributed by atoms with Gasteiger partial charge in [-0.2, -0.15) is 0 Å². The number of fused-ring (bicyclic) bond motifs is 2. The zero-order valence-electron chi connectivity index (χ0n) is 15.6. The molecule has 28 heavy (non-hydrogen) atoms. The summed E-state index contributed by atoms with van der Waals surface area (Å²) in [5.41, 5.74) is 3.67. The fourth-order valence-electron chi connectivity index (χ4n) is 5.73. The minimum atomic E-state index is -0.275. The smallest absolute Gasteiger partial charge is 0.242 e. The summed E-state index contributed by atoms with van der Waals surface area (Å²) in [6.45, 7) is 2.05. The maximum atomic E-state index is 14.8. The number of pyridine rings is 1. The Morgan fingerprint density at radius 2 is 2.04 bits per heavy atom. The molecule has 3 fully saturated rings. The molecule has 4 heterocycles. The highest BCUT2D eigenvalue weighted by Crippen LogP contribution is 2.57. The van der Waals surface area contributed by atoms with Crippen LogP contribution in [-0.4, -0.2) is 41.2 Å². The third kappa shape index (κ3) is 2.09. The Morgan fingerprint density at radius 1 is 1.21 bits per heavy atom. The monoisotopic (exact) mass is 379 g/mol. The highest BCUT2D eigenvalue weighted by Gasteiger charge is 2.66. The average molecular weight is 379 g/mol. The molecule has 0 N–H and O–H groups in total. The topological polar surface area (TPSA) is 45.7 Å². The van der Waals surface area contributed by atoms with Crippen molar-refractivity contribution in [2.75, 3.05) is 24.8 Å². The highest BCUT2D eigenvalue weighted by atomic mass is 19.1. The Labute approximate surface area is 163 Å². The van der Waals surface area contributed by atoms with E-state index in [9.17, 15) is 9.18 Å². The molecular weight excluding hydrogens is 357 g/mol. The van der Waals surface area contributed by atoms with Crippen LogP contribution < -0.4 is 5.01 Å². The number of carbonyl (C=O) groups excluding carboxylic acids is 1. The molecule has 6 rings (SSSR count). The molecule has 1 amide bonds. The van der Waals surface area contributed by atoms with Gasteiger partial charge in [0.05, 0.1) is 29.7 Å². The molecule has 144 valence electrons. The van der Waals surface area contributed by atoms with Gasteiger partial charge in [0.2, 0.25) is 5.91 Å². The van der Waals surface area contributed by atoms with Crippen molar-refractivity contribution in [1.29, 1.82) is 0 Å². The van der Waals surface area contributed by atoms with Crippen molar-refractivity contribution in [3.63, 3.8) is 0 Å². The van der Waals surface area contributed by atoms with Crippen LogP contribution in [-0.2, 0) is 16.0 Å². The van der Waals surface area contributed by atoms with E-state index in [-0.39, 0.29) is 29.1 Å². The Hall–Kier alpha value is -2.47. The van der Waals surface area contributed by atoms with Gasteiger partial charge >= 0.3 is 0 Å². The van der Waals surface area contributed by atoms with Gasteiger partial charge in [-0.1, -0.05) is 24.3 Å². The van der Waals surface area contributed by atoms with E-state index in [1.165, 1.54) is 11.1 Å². The maximum absolute atomic E-state index is 14.8. The molecule has 1 aromatic carbocycles. The predicted octanol–water partition coefficient (Wildman–Crippen LogP) is 3.16. The van der Waals surface area contributed by atoms with Crippen LogP contribution in [0.5, 0.6) is 0 Å². The Balaban J connectivity index is 1.29. The van der Waals surface area contributed by atoms with Crippen LogP contribution in [0.15, 0.2) is 36.5 Å². The summed E-state index contributed by atoms with van der Waals surface area (Å²) in [4.78, 5) is 17.2. The van der Waals surface area contributed by atoms with Gasteiger partial charge in [0.25, 0.3) is 0 Å². The first kappa shape index (κ1) is 16.5. The van der Waals surface area contributed by atoms with Crippen molar-refractivity contribution in [2.24, 2.45) is 0 Å². The standard InChI is InChI=1S/C22H22FN3O2/c23-19-9-16(12-24-21(19)14-5-7-28-8-6-14)25-13-22-11-15-3-1-2-4-17(15)18(22)10-20(27)26(22)25/h1-4,9,12,14,18H,5-8,10-11,13H2. The van der Waals surface area contributed by atoms with E-state index in [1.807, 2.05) is 10.0 Å². The van der Waals surface area contributed by atoms with E-state index in [0.717, 1.165) is 25.8 Å². The number of hydrogen-bond acceptors (Lipinski definition) is 4. The number of aromatic nitrogens is 1. The number of rotatable bonds is 2. The van der Waals surface area contributed by atoms with Crippen molar-refractivity contribution in [3.05, 3.63) is 59.2 Å². The van der Waals surface area contributed by atoms with Crippen LogP contribution in [0.3, 0.4) is 0 Å². The van der Waals surface area contributed by atoms with Crippen LogP contribution >= 0.6 is 0 Å². The number of anilines is 1. The first-order valence-corrected chi connectivity index (χ1v) is 10.1. The van der Waals surface area contributed by atoms with Crippen LogP contribution in [0.1, 0.15) is 47.9 Å². The number of nitrogens with zero attached hydrogens (tertiary/aromatic N) is 3. The summed E-state index contributed by atoms with van der Waals surface area (Å²) in [7, 11) is 0. The Kier molecular flexibility index (Phi) is 3.39. The number of carbonyl (C=O) groups is 1. The molecule has 1 spiro atoms. The fraction of sp³-hybridized carbons (Fsp3) is 0.455. The maximum Gasteiger partial charge on any atom is 0.242 e. The SMILES string of the molecule is O=C1CC2c3ccccc3CC23CN(c2cnc(C4CCOCC4)c(F)c2)N13. The van der Waals surface area contributed by atoms with Gasteiger partial charge in [-0.25, -0.2) is 9.40 Å². The molecule has 5 nitrogen and oxygen atoms in total. The van der Waals surface area contributed by atoms with Crippen molar-refractivity contribution in [3.8, 4) is 0 Å². The minimum absolute atomic E-state index is 0.118. The predicted molar refractivity (Wildman–Crippen MR) is 101 cm³/mol. The number of halogens is 1. The number of hydrogen-bond donors (Lipinski definition) is 0. The lowest BCUT2D eigenvalue weighted by Crippen LogP contribution is -2.73. The Morgan fingerprint density at radius 3 is 2.86 bits per heavy atom. The molecule has 0 bridgehead atoms. The van der Waals surface area contributed by atoms with E-state index in [4.69, 9.17) is 4.74 Å². The second-order valence-corrected chi connectivity index (χ2v) is 8.45. The molecule has 4 aliphatic rings. The lowest BCUT2D eigenvalue weighted by molar-refractivity contribution is -0.137. The number of ether oxygens (including phenoxy) is 1. The van der Waals surface area contributed by atoms with E-state index in [0.29, 0.717) is 31.0 Å². The van der Waals surface area contributed by atoms with Crippen molar-refractivity contribution in [1.82, 2.24) is 9.99 Å². The molecule has 3 aliphatic heterocycles. The lowest BCUT2D eigenvalue weighted by Gasteiger charge is -2.57. The zero-order valence-corrected chi connectivity index (χ0v) is 15.6. The molecule has 6 heteroatoms. The molecule has 0 radical (unpaired) electrons. The van der Waals surface area contributed by atoms with Crippen LogP contribution in [0.25, 0.3) is 0 Å². The first-order chi connectivity index (χ1) is 13.7. The van der Waals surface area contributed by atoms with Gasteiger partial charge < -0.3 is 4.74 Å². The Bertz CT molecular complexity index is 974. The third-order valence-electron chi connectivity index (χ3n) is 7.04. The summed E-state index contributed by atoms with van der Waals surface area (Å²) in [6, 6.07) is 9.98. The average Bonchev–Trinajstić information content (AvgIpc) is 3.12. The second-order valence-electron chi connectivity index (χ2n) is 8.45. The van der Waals surface area contributed by atoms with Crippen LogP contribution in [0.4, 0.5) is 10.1 Å².